The van der Waals surface area contributed by atoms with Gasteiger partial charge in [0.2, 0.25) is 0 Å². The molecule has 2 rings (SSSR count). The summed E-state index contributed by atoms with van der Waals surface area (Å²) in [6.45, 7) is 3.47. The number of hydrogen-bond acceptors (Lipinski definition) is 3. The summed E-state index contributed by atoms with van der Waals surface area (Å²) in [4.78, 5) is 4.15. The first kappa shape index (κ1) is 15.7. The fourth-order valence-corrected chi connectivity index (χ4v) is 2.35. The van der Waals surface area contributed by atoms with E-state index >= 15 is 0 Å². The van der Waals surface area contributed by atoms with Gasteiger partial charge in [-0.1, -0.05) is 30.3 Å². The van der Waals surface area contributed by atoms with E-state index in [4.69, 9.17) is 5.11 Å². The number of nitrogens with one attached hydrogen (secondary N) is 1. The Hall–Kier alpha value is -1.71. The van der Waals surface area contributed by atoms with Crippen molar-refractivity contribution < 1.29 is 5.11 Å². The van der Waals surface area contributed by atoms with Crippen molar-refractivity contribution in [2.45, 2.75) is 32.2 Å². The van der Waals surface area contributed by atoms with E-state index in [1.807, 2.05) is 12.3 Å². The summed E-state index contributed by atoms with van der Waals surface area (Å²) in [5.41, 5.74) is 3.64. The van der Waals surface area contributed by atoms with Crippen LogP contribution in [0, 0.1) is 0 Å². The molecule has 0 fully saturated rings. The molecule has 0 aliphatic heterocycles. The maximum Gasteiger partial charge on any atom is 0.0431 e. The van der Waals surface area contributed by atoms with Crippen LogP contribution in [0.15, 0.2) is 48.8 Å². The standard InChI is InChI=1S/C18H24N2O/c1-15(20-12-3-2-4-13-21)16-7-9-17(10-8-16)18-6-5-11-19-14-18/h5-11,14-15,20-21H,2-4,12-13H2,1H3. The Morgan fingerprint density at radius 1 is 1.05 bits per heavy atom. The van der Waals surface area contributed by atoms with Crippen LogP contribution >= 0.6 is 0 Å². The monoisotopic (exact) mass is 284 g/mol. The van der Waals surface area contributed by atoms with E-state index in [1.54, 1.807) is 6.20 Å². The number of benzene rings is 1. The molecule has 2 N–H and O–H groups in total. The van der Waals surface area contributed by atoms with Crippen LogP contribution in [-0.4, -0.2) is 23.2 Å². The number of unbranched alkanes of at least 4 members (excludes halogenated alkanes) is 2. The van der Waals surface area contributed by atoms with Crippen LogP contribution < -0.4 is 5.32 Å². The first-order chi connectivity index (χ1) is 10.3. The summed E-state index contributed by atoms with van der Waals surface area (Å²) < 4.78 is 0. The van der Waals surface area contributed by atoms with Crippen molar-refractivity contribution in [1.82, 2.24) is 10.3 Å². The van der Waals surface area contributed by atoms with E-state index in [0.717, 1.165) is 31.4 Å². The molecular formula is C18H24N2O. The molecule has 3 heteroatoms. The highest BCUT2D eigenvalue weighted by Crippen LogP contribution is 2.21. The molecule has 1 aromatic carbocycles. The fraction of sp³-hybridized carbons (Fsp3) is 0.389. The Morgan fingerprint density at radius 3 is 2.52 bits per heavy atom. The summed E-state index contributed by atoms with van der Waals surface area (Å²) >= 11 is 0. The third-order valence-corrected chi connectivity index (χ3v) is 3.69. The highest BCUT2D eigenvalue weighted by atomic mass is 16.2. The summed E-state index contributed by atoms with van der Waals surface area (Å²) in [5.74, 6) is 0. The lowest BCUT2D eigenvalue weighted by Gasteiger charge is -2.14. The number of nitrogens with zero attached hydrogens (tertiary/aromatic N) is 1. The summed E-state index contributed by atoms with van der Waals surface area (Å²) in [6.07, 6.45) is 6.77. The smallest absolute Gasteiger partial charge is 0.0431 e. The van der Waals surface area contributed by atoms with Crippen molar-refractivity contribution in [3.05, 3.63) is 54.4 Å². The van der Waals surface area contributed by atoms with Gasteiger partial charge in [0.25, 0.3) is 0 Å². The molecule has 0 spiro atoms. The maximum absolute atomic E-state index is 8.75. The zero-order chi connectivity index (χ0) is 14.9. The minimum atomic E-state index is 0.297. The van der Waals surface area contributed by atoms with Crippen molar-refractivity contribution >= 4 is 0 Å². The van der Waals surface area contributed by atoms with Gasteiger partial charge < -0.3 is 10.4 Å². The van der Waals surface area contributed by atoms with Crippen molar-refractivity contribution in [3.63, 3.8) is 0 Å². The van der Waals surface area contributed by atoms with Crippen LogP contribution in [0.25, 0.3) is 11.1 Å². The SMILES string of the molecule is CC(NCCCCCO)c1ccc(-c2cccnc2)cc1. The lowest BCUT2D eigenvalue weighted by Crippen LogP contribution is -2.19. The van der Waals surface area contributed by atoms with E-state index in [0.29, 0.717) is 12.6 Å². The molecule has 1 aromatic heterocycles. The Morgan fingerprint density at radius 2 is 1.86 bits per heavy atom. The van der Waals surface area contributed by atoms with Crippen LogP contribution in [0.5, 0.6) is 0 Å². The number of aliphatic hydroxyl groups is 1. The lowest BCUT2D eigenvalue weighted by atomic mass is 10.0. The molecule has 3 nitrogen and oxygen atoms in total. The molecule has 1 heterocycles. The molecule has 0 saturated carbocycles. The van der Waals surface area contributed by atoms with Gasteiger partial charge in [-0.05, 0) is 55.5 Å². The third-order valence-electron chi connectivity index (χ3n) is 3.69. The topological polar surface area (TPSA) is 45.1 Å². The number of aliphatic hydroxyl groups excluding tert-OH is 1. The largest absolute Gasteiger partial charge is 0.396 e. The molecule has 2 aromatic rings. The second-order valence-corrected chi connectivity index (χ2v) is 5.32. The molecule has 0 radical (unpaired) electrons. The summed E-state index contributed by atoms with van der Waals surface area (Å²) in [6, 6.07) is 13.0. The third kappa shape index (κ3) is 4.96. The minimum absolute atomic E-state index is 0.297. The molecular weight excluding hydrogens is 260 g/mol. The van der Waals surface area contributed by atoms with Crippen molar-refractivity contribution in [1.29, 1.82) is 0 Å². The maximum atomic E-state index is 8.75. The van der Waals surface area contributed by atoms with E-state index in [-0.39, 0.29) is 0 Å². The highest BCUT2D eigenvalue weighted by Gasteiger charge is 2.05. The molecule has 0 amide bonds. The average molecular weight is 284 g/mol. The Kier molecular flexibility index (Phi) is 6.38. The van der Waals surface area contributed by atoms with Crippen LogP contribution in [0.4, 0.5) is 0 Å². The van der Waals surface area contributed by atoms with Crippen LogP contribution in [0.1, 0.15) is 37.8 Å². The fourth-order valence-electron chi connectivity index (χ4n) is 2.35. The molecule has 1 unspecified atom stereocenters. The van der Waals surface area contributed by atoms with Crippen LogP contribution in [-0.2, 0) is 0 Å². The predicted octanol–water partition coefficient (Wildman–Crippen LogP) is 3.56. The molecule has 112 valence electrons. The van der Waals surface area contributed by atoms with Crippen LogP contribution in [0.3, 0.4) is 0 Å². The number of aromatic nitrogens is 1. The molecule has 0 saturated heterocycles. The molecule has 1 atom stereocenters. The zero-order valence-electron chi connectivity index (χ0n) is 12.6. The highest BCUT2D eigenvalue weighted by molar-refractivity contribution is 5.62. The van der Waals surface area contributed by atoms with Gasteiger partial charge in [-0.3, -0.25) is 4.98 Å². The molecule has 21 heavy (non-hydrogen) atoms. The number of rotatable bonds is 8. The molecule has 0 aliphatic rings. The number of pyridine rings is 1. The van der Waals surface area contributed by atoms with Gasteiger partial charge in [-0.2, -0.15) is 0 Å². The second-order valence-electron chi connectivity index (χ2n) is 5.32. The van der Waals surface area contributed by atoms with Gasteiger partial charge in [0.05, 0.1) is 0 Å². The van der Waals surface area contributed by atoms with E-state index in [2.05, 4.69) is 47.6 Å². The van der Waals surface area contributed by atoms with Gasteiger partial charge in [0.1, 0.15) is 0 Å². The first-order valence-corrected chi connectivity index (χ1v) is 7.66. The summed E-state index contributed by atoms with van der Waals surface area (Å²) in [7, 11) is 0. The Labute approximate surface area is 127 Å². The molecule has 0 aliphatic carbocycles. The van der Waals surface area contributed by atoms with Crippen LogP contribution in [0.2, 0.25) is 0 Å². The van der Waals surface area contributed by atoms with Gasteiger partial charge in [-0.15, -0.1) is 0 Å². The minimum Gasteiger partial charge on any atom is -0.396 e. The van der Waals surface area contributed by atoms with Gasteiger partial charge >= 0.3 is 0 Å². The Balaban J connectivity index is 1.87. The van der Waals surface area contributed by atoms with Gasteiger partial charge in [-0.25, -0.2) is 0 Å². The van der Waals surface area contributed by atoms with Gasteiger partial charge in [0, 0.05) is 25.0 Å². The predicted molar refractivity (Wildman–Crippen MR) is 87.0 cm³/mol. The quantitative estimate of drug-likeness (QED) is 0.729. The first-order valence-electron chi connectivity index (χ1n) is 7.66. The normalized spacial score (nSPS) is 12.3. The second kappa shape index (κ2) is 8.55. The van der Waals surface area contributed by atoms with Crippen molar-refractivity contribution in [2.24, 2.45) is 0 Å². The average Bonchev–Trinajstić information content (AvgIpc) is 2.55. The molecule has 0 bridgehead atoms. The van der Waals surface area contributed by atoms with Crippen molar-refractivity contribution in [3.8, 4) is 11.1 Å². The Bertz CT molecular complexity index is 511. The van der Waals surface area contributed by atoms with E-state index in [1.165, 1.54) is 11.1 Å². The van der Waals surface area contributed by atoms with Crippen molar-refractivity contribution in [2.75, 3.05) is 13.2 Å². The lowest BCUT2D eigenvalue weighted by molar-refractivity contribution is 0.282. The summed E-state index contributed by atoms with van der Waals surface area (Å²) in [5, 5.41) is 12.3. The zero-order valence-corrected chi connectivity index (χ0v) is 12.6. The number of hydrogen-bond donors (Lipinski definition) is 2. The van der Waals surface area contributed by atoms with E-state index < -0.39 is 0 Å². The van der Waals surface area contributed by atoms with E-state index in [9.17, 15) is 0 Å². The van der Waals surface area contributed by atoms with Gasteiger partial charge in [0.15, 0.2) is 0 Å².